The fourth-order valence-electron chi connectivity index (χ4n) is 4.85. The fraction of sp³-hybridized carbons (Fsp3) is 0.345. The third kappa shape index (κ3) is 5.30. The summed E-state index contributed by atoms with van der Waals surface area (Å²) in [5.41, 5.74) is 3.73. The summed E-state index contributed by atoms with van der Waals surface area (Å²) >= 11 is 1.61. The van der Waals surface area contributed by atoms with Gasteiger partial charge >= 0.3 is 0 Å². The largest absolute Gasteiger partial charge is 0.496 e. The van der Waals surface area contributed by atoms with Crippen molar-refractivity contribution in [3.05, 3.63) is 70.8 Å². The van der Waals surface area contributed by atoms with E-state index in [0.717, 1.165) is 21.6 Å². The van der Waals surface area contributed by atoms with Gasteiger partial charge in [0.2, 0.25) is 0 Å². The second-order valence-electron chi connectivity index (χ2n) is 8.63. The highest BCUT2D eigenvalue weighted by Gasteiger charge is 2.34. The smallest absolute Gasteiger partial charge is 0.258 e. The molecule has 1 aliphatic rings. The number of hydrogen-bond donors (Lipinski definition) is 0. The molecular formula is C29H33NO6S. The van der Waals surface area contributed by atoms with Gasteiger partial charge in [-0.15, -0.1) is 11.8 Å². The van der Waals surface area contributed by atoms with Crippen LogP contribution < -0.4 is 23.7 Å². The highest BCUT2D eigenvalue weighted by Crippen LogP contribution is 2.41. The number of thioether (sulfide) groups is 1. The summed E-state index contributed by atoms with van der Waals surface area (Å²) in [5, 5.41) is 0. The van der Waals surface area contributed by atoms with Crippen LogP contribution in [0, 0.1) is 0 Å². The molecule has 4 rings (SSSR count). The van der Waals surface area contributed by atoms with Gasteiger partial charge in [-0.05, 0) is 78.3 Å². The Morgan fingerprint density at radius 3 is 2.11 bits per heavy atom. The first kappa shape index (κ1) is 26.5. The van der Waals surface area contributed by atoms with Crippen LogP contribution >= 0.6 is 11.8 Å². The van der Waals surface area contributed by atoms with E-state index in [1.54, 1.807) is 47.3 Å². The van der Waals surface area contributed by atoms with Crippen molar-refractivity contribution in [2.45, 2.75) is 23.8 Å². The van der Waals surface area contributed by atoms with Crippen molar-refractivity contribution in [2.24, 2.45) is 0 Å². The molecule has 0 radical (unpaired) electrons. The minimum Gasteiger partial charge on any atom is -0.496 e. The van der Waals surface area contributed by atoms with Gasteiger partial charge in [0.1, 0.15) is 5.75 Å². The maximum absolute atomic E-state index is 14.0. The number of ether oxygens (including phenoxy) is 5. The van der Waals surface area contributed by atoms with E-state index in [1.165, 1.54) is 0 Å². The van der Waals surface area contributed by atoms with E-state index >= 15 is 0 Å². The van der Waals surface area contributed by atoms with Crippen LogP contribution in [0.1, 0.15) is 33.1 Å². The van der Waals surface area contributed by atoms with Crippen LogP contribution in [0.4, 0.5) is 0 Å². The SMILES string of the molecule is COc1ccc(C[C@H]2c3cc(OC)c(OC)cc3CCN2C(=O)c2ccc(SC)cc2OC)cc1OC. The van der Waals surface area contributed by atoms with E-state index in [4.69, 9.17) is 23.7 Å². The lowest BCUT2D eigenvalue weighted by Gasteiger charge is -2.38. The molecule has 3 aromatic carbocycles. The lowest BCUT2D eigenvalue weighted by atomic mass is 9.87. The average molecular weight is 524 g/mol. The number of benzene rings is 3. The first-order valence-corrected chi connectivity index (χ1v) is 13.2. The Kier molecular flexibility index (Phi) is 8.38. The third-order valence-corrected chi connectivity index (χ3v) is 7.50. The quantitative estimate of drug-likeness (QED) is 0.346. The normalized spacial score (nSPS) is 14.5. The first-order chi connectivity index (χ1) is 18.0. The summed E-state index contributed by atoms with van der Waals surface area (Å²) in [7, 11) is 8.09. The molecule has 0 spiro atoms. The van der Waals surface area contributed by atoms with Crippen LogP contribution in [0.15, 0.2) is 53.4 Å². The Morgan fingerprint density at radius 2 is 1.46 bits per heavy atom. The maximum Gasteiger partial charge on any atom is 0.258 e. The first-order valence-electron chi connectivity index (χ1n) is 12.0. The molecule has 0 fully saturated rings. The van der Waals surface area contributed by atoms with Crippen LogP contribution in [0.3, 0.4) is 0 Å². The van der Waals surface area contributed by atoms with Gasteiger partial charge in [-0.2, -0.15) is 0 Å². The Balaban J connectivity index is 1.80. The van der Waals surface area contributed by atoms with Crippen LogP contribution in [-0.4, -0.2) is 59.2 Å². The second-order valence-corrected chi connectivity index (χ2v) is 9.51. The van der Waals surface area contributed by atoms with E-state index in [0.29, 0.717) is 53.7 Å². The molecule has 1 heterocycles. The molecule has 0 saturated heterocycles. The fourth-order valence-corrected chi connectivity index (χ4v) is 5.28. The molecule has 8 heteroatoms. The second kappa shape index (κ2) is 11.7. The highest BCUT2D eigenvalue weighted by molar-refractivity contribution is 7.98. The summed E-state index contributed by atoms with van der Waals surface area (Å²) in [6.07, 6.45) is 3.29. The molecule has 0 bridgehead atoms. The zero-order valence-electron chi connectivity index (χ0n) is 22.1. The van der Waals surface area contributed by atoms with Gasteiger partial charge in [0, 0.05) is 11.4 Å². The molecule has 0 aliphatic carbocycles. The molecule has 37 heavy (non-hydrogen) atoms. The molecule has 3 aromatic rings. The molecule has 1 atom stereocenters. The van der Waals surface area contributed by atoms with E-state index in [9.17, 15) is 4.79 Å². The van der Waals surface area contributed by atoms with Crippen LogP contribution in [0.25, 0.3) is 0 Å². The number of hydrogen-bond acceptors (Lipinski definition) is 7. The number of methoxy groups -OCH3 is 5. The predicted molar refractivity (Wildman–Crippen MR) is 145 cm³/mol. The highest BCUT2D eigenvalue weighted by atomic mass is 32.2. The van der Waals surface area contributed by atoms with Crippen molar-refractivity contribution in [1.82, 2.24) is 4.90 Å². The molecular weight excluding hydrogens is 490 g/mol. The van der Waals surface area contributed by atoms with Crippen molar-refractivity contribution in [1.29, 1.82) is 0 Å². The molecule has 0 saturated carbocycles. The van der Waals surface area contributed by atoms with Gasteiger partial charge in [0.05, 0.1) is 47.2 Å². The zero-order valence-corrected chi connectivity index (χ0v) is 22.9. The van der Waals surface area contributed by atoms with Crippen molar-refractivity contribution in [3.63, 3.8) is 0 Å². The standard InChI is InChI=1S/C29H33NO6S/c1-32-24-10-7-18(14-26(24)34-3)13-23-22-17-28(36-5)27(35-4)15-19(22)11-12-30(23)29(31)21-9-8-20(37-6)16-25(21)33-2/h7-10,14-17,23H,11-13H2,1-6H3/t23-/m0/s1. The minimum absolute atomic E-state index is 0.0737. The predicted octanol–water partition coefficient (Wildman–Crippen LogP) is 5.43. The summed E-state index contributed by atoms with van der Waals surface area (Å²) in [6, 6.07) is 15.4. The molecule has 0 aromatic heterocycles. The Morgan fingerprint density at radius 1 is 0.811 bits per heavy atom. The van der Waals surface area contributed by atoms with Gasteiger partial charge in [0.15, 0.2) is 23.0 Å². The van der Waals surface area contributed by atoms with Gasteiger partial charge in [-0.3, -0.25) is 4.79 Å². The van der Waals surface area contributed by atoms with Crippen molar-refractivity contribution in [2.75, 3.05) is 48.3 Å². The Bertz CT molecular complexity index is 1280. The lowest BCUT2D eigenvalue weighted by Crippen LogP contribution is -2.41. The van der Waals surface area contributed by atoms with Crippen molar-refractivity contribution < 1.29 is 28.5 Å². The Hall–Kier alpha value is -3.52. The number of nitrogens with zero attached hydrogens (tertiary/aromatic N) is 1. The molecule has 0 unspecified atom stereocenters. The summed E-state index contributed by atoms with van der Waals surface area (Å²) in [4.78, 5) is 17.0. The van der Waals surface area contributed by atoms with Gasteiger partial charge < -0.3 is 28.6 Å². The monoisotopic (exact) mass is 523 g/mol. The van der Waals surface area contributed by atoms with Crippen molar-refractivity contribution >= 4 is 17.7 Å². The minimum atomic E-state index is -0.237. The van der Waals surface area contributed by atoms with Crippen LogP contribution in [-0.2, 0) is 12.8 Å². The van der Waals surface area contributed by atoms with E-state index in [1.807, 2.05) is 59.7 Å². The zero-order chi connectivity index (χ0) is 26.5. The lowest BCUT2D eigenvalue weighted by molar-refractivity contribution is 0.0656. The summed E-state index contributed by atoms with van der Waals surface area (Å²) in [6.45, 7) is 0.562. The number of carbonyl (C=O) groups excluding carboxylic acids is 1. The molecule has 1 amide bonds. The summed E-state index contributed by atoms with van der Waals surface area (Å²) < 4.78 is 27.7. The maximum atomic E-state index is 14.0. The van der Waals surface area contributed by atoms with E-state index in [-0.39, 0.29) is 11.9 Å². The van der Waals surface area contributed by atoms with Gasteiger partial charge in [-0.1, -0.05) is 6.07 Å². The van der Waals surface area contributed by atoms with Gasteiger partial charge in [0.25, 0.3) is 5.91 Å². The molecule has 1 aliphatic heterocycles. The van der Waals surface area contributed by atoms with Crippen LogP contribution in [0.5, 0.6) is 28.7 Å². The van der Waals surface area contributed by atoms with E-state index < -0.39 is 0 Å². The third-order valence-electron chi connectivity index (χ3n) is 6.78. The number of carbonyl (C=O) groups is 1. The van der Waals surface area contributed by atoms with Crippen molar-refractivity contribution in [3.8, 4) is 28.7 Å². The number of rotatable bonds is 9. The number of amides is 1. The average Bonchev–Trinajstić information content (AvgIpc) is 2.95. The molecule has 196 valence electrons. The molecule has 7 nitrogen and oxygen atoms in total. The Labute approximate surface area is 222 Å². The van der Waals surface area contributed by atoms with Crippen LogP contribution in [0.2, 0.25) is 0 Å². The van der Waals surface area contributed by atoms with Gasteiger partial charge in [-0.25, -0.2) is 0 Å². The molecule has 0 N–H and O–H groups in total. The summed E-state index contributed by atoms with van der Waals surface area (Å²) in [5.74, 6) is 3.12. The number of fused-ring (bicyclic) bond motifs is 1. The van der Waals surface area contributed by atoms with E-state index in [2.05, 4.69) is 0 Å². The topological polar surface area (TPSA) is 66.5 Å².